The minimum absolute atomic E-state index is 0.0517. The number of benzene rings is 2. The standard InChI is InChI=1S/C15H10N2O.C2H6/c16-10-17-13-7-3-1-5-11(13)9-15(18)12-6-2-4-8-14(12)17;1-2/h1-8H,9H2;1-2H3. The molecule has 0 bridgehead atoms. The predicted molar refractivity (Wildman–Crippen MR) is 80.0 cm³/mol. The topological polar surface area (TPSA) is 44.1 Å². The van der Waals surface area contributed by atoms with Gasteiger partial charge in [0, 0.05) is 12.0 Å². The monoisotopic (exact) mass is 264 g/mol. The zero-order valence-electron chi connectivity index (χ0n) is 11.6. The molecule has 0 fully saturated rings. The van der Waals surface area contributed by atoms with Crippen LogP contribution in [0.3, 0.4) is 0 Å². The van der Waals surface area contributed by atoms with Crippen molar-refractivity contribution in [3.8, 4) is 6.19 Å². The molecule has 1 aliphatic rings. The van der Waals surface area contributed by atoms with Crippen LogP contribution >= 0.6 is 0 Å². The van der Waals surface area contributed by atoms with Crippen molar-refractivity contribution in [2.24, 2.45) is 0 Å². The molecule has 2 aromatic carbocycles. The summed E-state index contributed by atoms with van der Waals surface area (Å²) in [6.45, 7) is 4.00. The van der Waals surface area contributed by atoms with Crippen LogP contribution in [0.5, 0.6) is 0 Å². The van der Waals surface area contributed by atoms with E-state index < -0.39 is 0 Å². The molecule has 0 N–H and O–H groups in total. The molecule has 0 aromatic heterocycles. The maximum absolute atomic E-state index is 12.2. The van der Waals surface area contributed by atoms with Crippen LogP contribution in [-0.4, -0.2) is 5.78 Å². The Hall–Kier alpha value is -2.60. The second kappa shape index (κ2) is 6.03. The smallest absolute Gasteiger partial charge is 0.189 e. The Labute approximate surface area is 119 Å². The van der Waals surface area contributed by atoms with Crippen LogP contribution in [0.15, 0.2) is 48.5 Å². The summed E-state index contributed by atoms with van der Waals surface area (Å²) < 4.78 is 0. The van der Waals surface area contributed by atoms with Gasteiger partial charge in [-0.05, 0) is 23.8 Å². The summed E-state index contributed by atoms with van der Waals surface area (Å²) >= 11 is 0. The van der Waals surface area contributed by atoms with E-state index in [9.17, 15) is 10.1 Å². The average Bonchev–Trinajstić information content (AvgIpc) is 2.63. The quantitative estimate of drug-likeness (QED) is 0.674. The summed E-state index contributed by atoms with van der Waals surface area (Å²) in [5, 5.41) is 9.36. The van der Waals surface area contributed by atoms with E-state index in [1.165, 1.54) is 4.90 Å². The number of fused-ring (bicyclic) bond motifs is 2. The number of hydrogen-bond donors (Lipinski definition) is 0. The van der Waals surface area contributed by atoms with Crippen LogP contribution in [0.1, 0.15) is 29.8 Å². The highest BCUT2D eigenvalue weighted by molar-refractivity contribution is 6.06. The number of carbonyl (C=O) groups is 1. The highest BCUT2D eigenvalue weighted by atomic mass is 16.1. The highest BCUT2D eigenvalue weighted by Gasteiger charge is 2.24. The molecule has 1 heterocycles. The van der Waals surface area contributed by atoms with Crippen molar-refractivity contribution < 1.29 is 4.79 Å². The predicted octanol–water partition coefficient (Wildman–Crippen LogP) is 4.07. The number of Topliss-reactive ketones (excluding diaryl/α,β-unsaturated/α-hetero) is 1. The molecule has 3 rings (SSSR count). The summed E-state index contributed by atoms with van der Waals surface area (Å²) in [6.07, 6.45) is 2.50. The second-order valence-corrected chi connectivity index (χ2v) is 4.18. The largest absolute Gasteiger partial charge is 0.294 e. The van der Waals surface area contributed by atoms with Gasteiger partial charge in [0.2, 0.25) is 0 Å². The maximum atomic E-state index is 12.2. The van der Waals surface area contributed by atoms with Gasteiger partial charge in [-0.25, -0.2) is 4.90 Å². The summed E-state index contributed by atoms with van der Waals surface area (Å²) in [7, 11) is 0. The fourth-order valence-corrected chi connectivity index (χ4v) is 2.29. The van der Waals surface area contributed by atoms with E-state index in [4.69, 9.17) is 0 Å². The number of hydrogen-bond acceptors (Lipinski definition) is 3. The average molecular weight is 264 g/mol. The lowest BCUT2D eigenvalue weighted by Crippen LogP contribution is -2.10. The third-order valence-electron chi connectivity index (χ3n) is 3.13. The molecular weight excluding hydrogens is 248 g/mol. The van der Waals surface area contributed by atoms with Gasteiger partial charge in [0.05, 0.1) is 11.4 Å². The molecule has 0 amide bonds. The van der Waals surface area contributed by atoms with Gasteiger partial charge in [0.1, 0.15) is 0 Å². The Bertz CT molecular complexity index is 671. The van der Waals surface area contributed by atoms with E-state index in [1.54, 1.807) is 12.1 Å². The van der Waals surface area contributed by atoms with Gasteiger partial charge >= 0.3 is 0 Å². The molecule has 0 unspecified atom stereocenters. The first kappa shape index (κ1) is 13.8. The number of nitrogens with zero attached hydrogens (tertiary/aromatic N) is 2. The molecule has 3 heteroatoms. The first-order valence-electron chi connectivity index (χ1n) is 6.71. The highest BCUT2D eigenvalue weighted by Crippen LogP contribution is 2.34. The molecule has 0 saturated carbocycles. The van der Waals surface area contributed by atoms with E-state index in [0.29, 0.717) is 17.7 Å². The second-order valence-electron chi connectivity index (χ2n) is 4.18. The first-order chi connectivity index (χ1) is 9.81. The van der Waals surface area contributed by atoms with Crippen molar-refractivity contribution in [3.63, 3.8) is 0 Å². The number of anilines is 2. The van der Waals surface area contributed by atoms with Crippen molar-refractivity contribution in [2.75, 3.05) is 4.90 Å². The van der Waals surface area contributed by atoms with E-state index in [2.05, 4.69) is 6.19 Å². The molecular formula is C17H16N2O. The molecule has 3 nitrogen and oxygen atoms in total. The SMILES string of the molecule is CC.N#CN1c2ccccc2CC(=O)c2ccccc21. The van der Waals surface area contributed by atoms with Gasteiger partial charge in [-0.1, -0.05) is 44.2 Å². The number of ketones is 1. The Balaban J connectivity index is 0.000000704. The first-order valence-corrected chi connectivity index (χ1v) is 6.71. The summed E-state index contributed by atoms with van der Waals surface area (Å²) in [6, 6.07) is 14.8. The van der Waals surface area contributed by atoms with E-state index in [0.717, 1.165) is 11.3 Å². The van der Waals surface area contributed by atoms with Crippen molar-refractivity contribution >= 4 is 17.2 Å². The number of rotatable bonds is 0. The lowest BCUT2D eigenvalue weighted by molar-refractivity contribution is 0.0994. The summed E-state index contributed by atoms with van der Waals surface area (Å²) in [5.41, 5.74) is 2.95. The van der Waals surface area contributed by atoms with Gasteiger partial charge in [0.15, 0.2) is 12.0 Å². The Morgan fingerprint density at radius 1 is 1.00 bits per heavy atom. The normalized spacial score (nSPS) is 12.2. The van der Waals surface area contributed by atoms with Crippen molar-refractivity contribution in [2.45, 2.75) is 20.3 Å². The van der Waals surface area contributed by atoms with Crippen LogP contribution in [0.4, 0.5) is 11.4 Å². The van der Waals surface area contributed by atoms with Crippen molar-refractivity contribution in [3.05, 3.63) is 59.7 Å². The van der Waals surface area contributed by atoms with Gasteiger partial charge < -0.3 is 0 Å². The van der Waals surface area contributed by atoms with Crippen LogP contribution in [0, 0.1) is 11.5 Å². The summed E-state index contributed by atoms with van der Waals surface area (Å²) in [5.74, 6) is 0.0517. The summed E-state index contributed by atoms with van der Waals surface area (Å²) in [4.78, 5) is 13.7. The van der Waals surface area contributed by atoms with Crippen LogP contribution in [0.25, 0.3) is 0 Å². The molecule has 0 spiro atoms. The third-order valence-corrected chi connectivity index (χ3v) is 3.13. The third kappa shape index (κ3) is 2.28. The van der Waals surface area contributed by atoms with Gasteiger partial charge in [-0.2, -0.15) is 5.26 Å². The Kier molecular flexibility index (Phi) is 4.17. The maximum Gasteiger partial charge on any atom is 0.189 e. The minimum Gasteiger partial charge on any atom is -0.294 e. The Morgan fingerprint density at radius 3 is 2.30 bits per heavy atom. The fraction of sp³-hybridized carbons (Fsp3) is 0.176. The van der Waals surface area contributed by atoms with Gasteiger partial charge in [0.25, 0.3) is 0 Å². The zero-order valence-corrected chi connectivity index (χ0v) is 11.6. The molecule has 1 aliphatic heterocycles. The van der Waals surface area contributed by atoms with Crippen LogP contribution in [-0.2, 0) is 6.42 Å². The molecule has 2 aromatic rings. The van der Waals surface area contributed by atoms with E-state index in [1.807, 2.05) is 50.2 Å². The molecule has 0 aliphatic carbocycles. The minimum atomic E-state index is 0.0517. The van der Waals surface area contributed by atoms with E-state index >= 15 is 0 Å². The van der Waals surface area contributed by atoms with E-state index in [-0.39, 0.29) is 5.78 Å². The van der Waals surface area contributed by atoms with Crippen molar-refractivity contribution in [1.82, 2.24) is 0 Å². The zero-order chi connectivity index (χ0) is 14.5. The van der Waals surface area contributed by atoms with Gasteiger partial charge in [-0.15, -0.1) is 0 Å². The lowest BCUT2D eigenvalue weighted by atomic mass is 10.0. The number of para-hydroxylation sites is 2. The van der Waals surface area contributed by atoms with Crippen LogP contribution in [0.2, 0.25) is 0 Å². The molecule has 0 radical (unpaired) electrons. The lowest BCUT2D eigenvalue weighted by Gasteiger charge is -2.17. The van der Waals surface area contributed by atoms with Gasteiger partial charge in [-0.3, -0.25) is 4.79 Å². The molecule has 20 heavy (non-hydrogen) atoms. The number of nitriles is 1. The molecule has 0 saturated heterocycles. The fourth-order valence-electron chi connectivity index (χ4n) is 2.29. The van der Waals surface area contributed by atoms with Crippen molar-refractivity contribution in [1.29, 1.82) is 5.26 Å². The molecule has 100 valence electrons. The Morgan fingerprint density at radius 2 is 1.60 bits per heavy atom. The number of carbonyl (C=O) groups excluding carboxylic acids is 1. The van der Waals surface area contributed by atoms with Crippen LogP contribution < -0.4 is 4.90 Å². The molecule has 0 atom stereocenters.